The molecule has 1 atom stereocenters. The molecular weight excluding hydrogens is 310 g/mol. The SMILES string of the molecule is CC#CC(=O)Nc1cccc(C2=CC(C)CC=c3[nH]cc(C)c3=C2)n1. The number of fused-ring (bicyclic) bond motifs is 1. The molecule has 4 heteroatoms. The lowest BCUT2D eigenvalue weighted by atomic mass is 9.98. The summed E-state index contributed by atoms with van der Waals surface area (Å²) in [6, 6.07) is 5.63. The van der Waals surface area contributed by atoms with E-state index in [1.165, 1.54) is 10.8 Å². The van der Waals surface area contributed by atoms with E-state index in [0.29, 0.717) is 11.7 Å². The van der Waals surface area contributed by atoms with Crippen molar-refractivity contribution in [1.82, 2.24) is 9.97 Å². The number of allylic oxidation sites excluding steroid dienone is 2. The van der Waals surface area contributed by atoms with Crippen molar-refractivity contribution in [3.8, 4) is 11.8 Å². The molecule has 2 aromatic heterocycles. The monoisotopic (exact) mass is 331 g/mol. The Labute approximate surface area is 147 Å². The molecule has 0 aliphatic heterocycles. The number of aromatic nitrogens is 2. The van der Waals surface area contributed by atoms with Gasteiger partial charge in [0, 0.05) is 16.8 Å². The van der Waals surface area contributed by atoms with Crippen molar-refractivity contribution in [3.05, 3.63) is 52.3 Å². The normalized spacial score (nSPS) is 16.0. The van der Waals surface area contributed by atoms with Crippen LogP contribution < -0.4 is 15.9 Å². The molecule has 1 amide bonds. The van der Waals surface area contributed by atoms with E-state index >= 15 is 0 Å². The highest BCUT2D eigenvalue weighted by molar-refractivity contribution is 6.03. The van der Waals surface area contributed by atoms with E-state index in [1.54, 1.807) is 13.0 Å². The Balaban J connectivity index is 2.05. The van der Waals surface area contributed by atoms with Crippen molar-refractivity contribution < 1.29 is 4.79 Å². The highest BCUT2D eigenvalue weighted by atomic mass is 16.1. The van der Waals surface area contributed by atoms with Crippen LogP contribution in [0.25, 0.3) is 17.7 Å². The average Bonchev–Trinajstić information content (AvgIpc) is 2.90. The molecule has 2 N–H and O–H groups in total. The average molecular weight is 331 g/mol. The summed E-state index contributed by atoms with van der Waals surface area (Å²) < 4.78 is 0. The number of amides is 1. The maximum Gasteiger partial charge on any atom is 0.301 e. The third-order valence-electron chi connectivity index (χ3n) is 4.14. The number of hydrogen-bond acceptors (Lipinski definition) is 2. The fraction of sp³-hybridized carbons (Fsp3) is 0.238. The number of carbonyl (C=O) groups is 1. The number of nitrogens with zero attached hydrogens (tertiary/aromatic N) is 1. The Hall–Kier alpha value is -3.06. The van der Waals surface area contributed by atoms with Crippen LogP contribution in [0.4, 0.5) is 5.82 Å². The lowest BCUT2D eigenvalue weighted by Gasteiger charge is -2.10. The van der Waals surface area contributed by atoms with E-state index < -0.39 is 0 Å². The molecule has 4 nitrogen and oxygen atoms in total. The van der Waals surface area contributed by atoms with Crippen LogP contribution in [0.1, 0.15) is 31.5 Å². The third kappa shape index (κ3) is 3.89. The van der Waals surface area contributed by atoms with Crippen molar-refractivity contribution in [2.24, 2.45) is 5.92 Å². The number of aromatic amines is 1. The molecule has 126 valence electrons. The van der Waals surface area contributed by atoms with Gasteiger partial charge in [-0.25, -0.2) is 4.98 Å². The number of rotatable bonds is 2. The van der Waals surface area contributed by atoms with E-state index in [2.05, 4.69) is 59.2 Å². The first-order valence-corrected chi connectivity index (χ1v) is 8.35. The number of anilines is 1. The highest BCUT2D eigenvalue weighted by Gasteiger charge is 2.09. The van der Waals surface area contributed by atoms with Gasteiger partial charge in [0.25, 0.3) is 0 Å². The largest absolute Gasteiger partial charge is 0.361 e. The van der Waals surface area contributed by atoms with E-state index in [4.69, 9.17) is 0 Å². The predicted octanol–water partition coefficient (Wildman–Crippen LogP) is 2.36. The van der Waals surface area contributed by atoms with Crippen LogP contribution in [-0.4, -0.2) is 15.9 Å². The van der Waals surface area contributed by atoms with E-state index in [9.17, 15) is 4.79 Å². The summed E-state index contributed by atoms with van der Waals surface area (Å²) in [5.74, 6) is 5.60. The third-order valence-corrected chi connectivity index (χ3v) is 4.14. The van der Waals surface area contributed by atoms with Crippen molar-refractivity contribution >= 4 is 29.5 Å². The summed E-state index contributed by atoms with van der Waals surface area (Å²) in [6.07, 6.45) is 9.62. The van der Waals surface area contributed by atoms with E-state index in [1.807, 2.05) is 18.3 Å². The van der Waals surface area contributed by atoms with Crippen molar-refractivity contribution in [1.29, 1.82) is 0 Å². The standard InChI is InChI=1S/C21H21N3O/c1-4-6-21(25)24-20-8-5-7-18(23-20)16-11-14(2)9-10-19-17(12-16)15(3)13-22-19/h5,7-8,10-14,22H,9H2,1-3H3,(H,23,24,25). The summed E-state index contributed by atoms with van der Waals surface area (Å²) >= 11 is 0. The maximum absolute atomic E-state index is 11.7. The molecule has 1 aliphatic rings. The van der Waals surface area contributed by atoms with Gasteiger partial charge in [0.15, 0.2) is 0 Å². The van der Waals surface area contributed by atoms with Gasteiger partial charge in [0.2, 0.25) is 0 Å². The molecule has 2 heterocycles. The molecule has 0 saturated carbocycles. The van der Waals surface area contributed by atoms with Crippen molar-refractivity contribution in [3.63, 3.8) is 0 Å². The zero-order chi connectivity index (χ0) is 17.8. The first-order valence-electron chi connectivity index (χ1n) is 8.35. The molecular formula is C21H21N3O. The van der Waals surface area contributed by atoms with Gasteiger partial charge in [-0.3, -0.25) is 10.1 Å². The molecule has 25 heavy (non-hydrogen) atoms. The quantitative estimate of drug-likeness (QED) is 0.830. The van der Waals surface area contributed by atoms with Gasteiger partial charge in [0.1, 0.15) is 5.82 Å². The maximum atomic E-state index is 11.7. The minimum Gasteiger partial charge on any atom is -0.361 e. The Morgan fingerprint density at radius 3 is 3.04 bits per heavy atom. The lowest BCUT2D eigenvalue weighted by Crippen LogP contribution is -2.25. The summed E-state index contributed by atoms with van der Waals surface area (Å²) in [4.78, 5) is 19.6. The molecule has 0 fully saturated rings. The fourth-order valence-corrected chi connectivity index (χ4v) is 2.88. The van der Waals surface area contributed by atoms with Gasteiger partial charge in [-0.2, -0.15) is 0 Å². The highest BCUT2D eigenvalue weighted by Crippen LogP contribution is 2.20. The lowest BCUT2D eigenvalue weighted by molar-refractivity contribution is -0.111. The Bertz CT molecular complexity index is 1020. The molecule has 3 rings (SSSR count). The summed E-state index contributed by atoms with van der Waals surface area (Å²) in [5, 5.41) is 5.05. The zero-order valence-corrected chi connectivity index (χ0v) is 14.7. The predicted molar refractivity (Wildman–Crippen MR) is 102 cm³/mol. The van der Waals surface area contributed by atoms with Gasteiger partial charge >= 0.3 is 5.91 Å². The molecule has 0 saturated heterocycles. The number of carbonyl (C=O) groups excluding carboxylic acids is 1. The molecule has 1 unspecified atom stereocenters. The number of hydrogen-bond donors (Lipinski definition) is 2. The van der Waals surface area contributed by atoms with Crippen LogP contribution in [0.5, 0.6) is 0 Å². The topological polar surface area (TPSA) is 57.8 Å². The van der Waals surface area contributed by atoms with Crippen molar-refractivity contribution in [2.75, 3.05) is 5.32 Å². The van der Waals surface area contributed by atoms with Crippen LogP contribution in [0, 0.1) is 24.7 Å². The van der Waals surface area contributed by atoms with E-state index in [0.717, 1.165) is 23.0 Å². The molecule has 2 aromatic rings. The van der Waals surface area contributed by atoms with Crippen LogP contribution >= 0.6 is 0 Å². The van der Waals surface area contributed by atoms with Gasteiger partial charge < -0.3 is 4.98 Å². The van der Waals surface area contributed by atoms with E-state index in [-0.39, 0.29) is 5.91 Å². The second kappa shape index (κ2) is 7.23. The summed E-state index contributed by atoms with van der Waals surface area (Å²) in [6.45, 7) is 5.91. The Morgan fingerprint density at radius 1 is 1.40 bits per heavy atom. The van der Waals surface area contributed by atoms with Crippen molar-refractivity contribution in [2.45, 2.75) is 27.2 Å². The first-order chi connectivity index (χ1) is 12.1. The van der Waals surface area contributed by atoms with Gasteiger partial charge in [0.05, 0.1) is 5.69 Å². The van der Waals surface area contributed by atoms with Gasteiger partial charge in [-0.1, -0.05) is 31.1 Å². The number of aryl methyl sites for hydroxylation is 1. The second-order valence-corrected chi connectivity index (χ2v) is 6.22. The van der Waals surface area contributed by atoms with Crippen LogP contribution in [-0.2, 0) is 4.79 Å². The fourth-order valence-electron chi connectivity index (χ4n) is 2.88. The molecule has 0 aromatic carbocycles. The van der Waals surface area contributed by atoms with Crippen LogP contribution in [0.3, 0.4) is 0 Å². The molecule has 0 bridgehead atoms. The number of pyridine rings is 1. The van der Waals surface area contributed by atoms with Crippen LogP contribution in [0.15, 0.2) is 30.5 Å². The second-order valence-electron chi connectivity index (χ2n) is 6.22. The molecule has 0 radical (unpaired) electrons. The Kier molecular flexibility index (Phi) is 4.85. The van der Waals surface area contributed by atoms with Crippen LogP contribution in [0.2, 0.25) is 0 Å². The Morgan fingerprint density at radius 2 is 2.24 bits per heavy atom. The summed E-state index contributed by atoms with van der Waals surface area (Å²) in [5.41, 5.74) is 3.10. The number of nitrogens with one attached hydrogen (secondary N) is 2. The number of H-pyrrole nitrogens is 1. The van der Waals surface area contributed by atoms with Gasteiger partial charge in [-0.15, -0.1) is 0 Å². The minimum atomic E-state index is -0.352. The molecule has 0 spiro atoms. The summed E-state index contributed by atoms with van der Waals surface area (Å²) in [7, 11) is 0. The zero-order valence-electron chi connectivity index (χ0n) is 14.7. The van der Waals surface area contributed by atoms with Gasteiger partial charge in [-0.05, 0) is 61.5 Å². The first kappa shape index (κ1) is 16.8. The minimum absolute atomic E-state index is 0.352. The smallest absolute Gasteiger partial charge is 0.301 e. The molecule has 1 aliphatic carbocycles.